The van der Waals surface area contributed by atoms with Crippen LogP contribution < -0.4 is 11.1 Å². The fourth-order valence-corrected chi connectivity index (χ4v) is 0.884. The van der Waals surface area contributed by atoms with Crippen molar-refractivity contribution in [1.82, 2.24) is 9.97 Å². The van der Waals surface area contributed by atoms with Crippen molar-refractivity contribution in [2.24, 2.45) is 5.41 Å². The fourth-order valence-electron chi connectivity index (χ4n) is 0.884. The topological polar surface area (TPSA) is 84.1 Å². The van der Waals surface area contributed by atoms with Crippen molar-refractivity contribution in [3.8, 4) is 0 Å². The van der Waals surface area contributed by atoms with E-state index < -0.39 is 5.82 Å². The van der Waals surface area contributed by atoms with E-state index in [1.165, 1.54) is 0 Å². The highest BCUT2D eigenvalue weighted by molar-refractivity contribution is 5.39. The van der Waals surface area contributed by atoms with Crippen LogP contribution in [0.3, 0.4) is 0 Å². The number of hydrogen-bond acceptors (Lipinski definition) is 5. The van der Waals surface area contributed by atoms with Gasteiger partial charge in [-0.25, -0.2) is 9.37 Å². The van der Waals surface area contributed by atoms with E-state index in [1.54, 1.807) is 0 Å². The van der Waals surface area contributed by atoms with Crippen molar-refractivity contribution < 1.29 is 9.50 Å². The molecule has 0 aliphatic carbocycles. The third-order valence-electron chi connectivity index (χ3n) is 1.93. The Bertz CT molecular complexity index is 343. The van der Waals surface area contributed by atoms with Crippen molar-refractivity contribution in [3.63, 3.8) is 0 Å². The zero-order valence-electron chi connectivity index (χ0n) is 8.79. The van der Waals surface area contributed by atoms with E-state index in [-0.39, 0.29) is 23.8 Å². The van der Waals surface area contributed by atoms with Crippen LogP contribution in [0.15, 0.2) is 6.20 Å². The lowest BCUT2D eigenvalue weighted by Gasteiger charge is -2.22. The van der Waals surface area contributed by atoms with Gasteiger partial charge in [-0.3, -0.25) is 0 Å². The maximum absolute atomic E-state index is 13.1. The second kappa shape index (κ2) is 4.39. The van der Waals surface area contributed by atoms with Gasteiger partial charge in [0.15, 0.2) is 11.6 Å². The second-order valence-electron chi connectivity index (χ2n) is 4.10. The van der Waals surface area contributed by atoms with Gasteiger partial charge in [0.2, 0.25) is 5.95 Å². The highest BCUT2D eigenvalue weighted by Gasteiger charge is 2.17. The highest BCUT2D eigenvalue weighted by Crippen LogP contribution is 2.16. The van der Waals surface area contributed by atoms with Crippen LogP contribution in [0, 0.1) is 11.2 Å². The minimum absolute atomic E-state index is 0.00217. The molecule has 6 heteroatoms. The molecule has 1 aromatic rings. The standard InChI is InChI=1S/C9H15FN4O/c1-9(2,5-15)4-13-7-6(10)3-12-8(11)14-7/h3,15H,4-5H2,1-2H3,(H3,11,12,13,14). The Morgan fingerprint density at radius 1 is 1.60 bits per heavy atom. The van der Waals surface area contributed by atoms with Crippen LogP contribution in [0.25, 0.3) is 0 Å². The van der Waals surface area contributed by atoms with Crippen LogP contribution in [0.1, 0.15) is 13.8 Å². The van der Waals surface area contributed by atoms with Gasteiger partial charge in [-0.1, -0.05) is 13.8 Å². The molecule has 0 aliphatic heterocycles. The van der Waals surface area contributed by atoms with Gasteiger partial charge >= 0.3 is 0 Å². The average Bonchev–Trinajstić information content (AvgIpc) is 2.20. The lowest BCUT2D eigenvalue weighted by Crippen LogP contribution is -2.27. The van der Waals surface area contributed by atoms with Gasteiger partial charge in [-0.15, -0.1) is 0 Å². The fraction of sp³-hybridized carbons (Fsp3) is 0.556. The van der Waals surface area contributed by atoms with Gasteiger partial charge in [0.05, 0.1) is 6.20 Å². The smallest absolute Gasteiger partial charge is 0.222 e. The van der Waals surface area contributed by atoms with Gasteiger partial charge in [0.1, 0.15) is 0 Å². The molecule has 0 aliphatic rings. The number of rotatable bonds is 4. The third kappa shape index (κ3) is 3.32. The molecule has 5 nitrogen and oxygen atoms in total. The summed E-state index contributed by atoms with van der Waals surface area (Å²) in [6.07, 6.45) is 1.01. The van der Waals surface area contributed by atoms with Crippen molar-refractivity contribution in [1.29, 1.82) is 0 Å². The van der Waals surface area contributed by atoms with Gasteiger partial charge in [-0.05, 0) is 0 Å². The Balaban J connectivity index is 2.69. The Morgan fingerprint density at radius 3 is 2.87 bits per heavy atom. The van der Waals surface area contributed by atoms with E-state index in [9.17, 15) is 4.39 Å². The number of nitrogens with two attached hydrogens (primary N) is 1. The van der Waals surface area contributed by atoms with Gasteiger partial charge in [0, 0.05) is 18.6 Å². The van der Waals surface area contributed by atoms with Crippen molar-refractivity contribution in [2.75, 3.05) is 24.2 Å². The molecule has 0 atom stereocenters. The minimum atomic E-state index is -0.557. The molecule has 0 unspecified atom stereocenters. The maximum atomic E-state index is 13.1. The molecule has 0 spiro atoms. The highest BCUT2D eigenvalue weighted by atomic mass is 19.1. The first kappa shape index (κ1) is 11.6. The quantitative estimate of drug-likeness (QED) is 0.684. The van der Waals surface area contributed by atoms with Crippen molar-refractivity contribution >= 4 is 11.8 Å². The average molecular weight is 214 g/mol. The Kier molecular flexibility index (Phi) is 3.41. The molecule has 0 saturated heterocycles. The molecule has 1 aromatic heterocycles. The van der Waals surface area contributed by atoms with E-state index in [4.69, 9.17) is 10.8 Å². The molecular weight excluding hydrogens is 199 g/mol. The van der Waals surface area contributed by atoms with E-state index in [0.29, 0.717) is 6.54 Å². The number of aromatic nitrogens is 2. The van der Waals surface area contributed by atoms with Gasteiger partial charge in [0.25, 0.3) is 0 Å². The summed E-state index contributed by atoms with van der Waals surface area (Å²) in [6.45, 7) is 4.10. The van der Waals surface area contributed by atoms with Crippen LogP contribution >= 0.6 is 0 Å². The van der Waals surface area contributed by atoms with Gasteiger partial charge in [-0.2, -0.15) is 4.98 Å². The molecule has 84 valence electrons. The number of aliphatic hydroxyl groups is 1. The molecule has 0 radical (unpaired) electrons. The van der Waals surface area contributed by atoms with Crippen molar-refractivity contribution in [2.45, 2.75) is 13.8 Å². The summed E-state index contributed by atoms with van der Waals surface area (Å²) in [4.78, 5) is 7.22. The normalized spacial score (nSPS) is 11.5. The first-order chi connectivity index (χ1) is 6.94. The van der Waals surface area contributed by atoms with Crippen LogP contribution in [-0.2, 0) is 0 Å². The molecule has 0 saturated carbocycles. The zero-order valence-corrected chi connectivity index (χ0v) is 8.79. The molecule has 1 heterocycles. The summed E-state index contributed by atoms with van der Waals surface area (Å²) in [5.41, 5.74) is 4.98. The number of anilines is 2. The Hall–Kier alpha value is -1.43. The maximum Gasteiger partial charge on any atom is 0.222 e. The number of nitrogens with one attached hydrogen (secondary N) is 1. The van der Waals surface area contributed by atoms with E-state index in [0.717, 1.165) is 6.20 Å². The lowest BCUT2D eigenvalue weighted by atomic mass is 9.95. The SMILES string of the molecule is CC(C)(CO)CNc1nc(N)ncc1F. The number of halogens is 1. The third-order valence-corrected chi connectivity index (χ3v) is 1.93. The van der Waals surface area contributed by atoms with E-state index in [1.807, 2.05) is 13.8 Å². The number of hydrogen-bond donors (Lipinski definition) is 3. The molecule has 0 aromatic carbocycles. The van der Waals surface area contributed by atoms with Crippen molar-refractivity contribution in [3.05, 3.63) is 12.0 Å². The van der Waals surface area contributed by atoms with E-state index in [2.05, 4.69) is 15.3 Å². The number of nitrogen functional groups attached to an aromatic ring is 1. The summed E-state index contributed by atoms with van der Waals surface area (Å²) in [5.74, 6) is -0.484. The first-order valence-electron chi connectivity index (χ1n) is 4.57. The zero-order chi connectivity index (χ0) is 11.5. The predicted molar refractivity (Wildman–Crippen MR) is 55.8 cm³/mol. The summed E-state index contributed by atoms with van der Waals surface area (Å²) in [7, 11) is 0. The number of aliphatic hydroxyl groups excluding tert-OH is 1. The number of nitrogens with zero attached hydrogens (tertiary/aromatic N) is 2. The molecule has 0 fully saturated rings. The van der Waals surface area contributed by atoms with E-state index >= 15 is 0 Å². The second-order valence-corrected chi connectivity index (χ2v) is 4.10. The van der Waals surface area contributed by atoms with Crippen LogP contribution in [0.5, 0.6) is 0 Å². The molecule has 0 amide bonds. The van der Waals surface area contributed by atoms with Crippen LogP contribution in [-0.4, -0.2) is 28.2 Å². The first-order valence-corrected chi connectivity index (χ1v) is 4.57. The molecule has 15 heavy (non-hydrogen) atoms. The van der Waals surface area contributed by atoms with Gasteiger partial charge < -0.3 is 16.2 Å². The molecule has 0 bridgehead atoms. The lowest BCUT2D eigenvalue weighted by molar-refractivity contribution is 0.170. The summed E-state index contributed by atoms with van der Waals surface area (Å²) >= 11 is 0. The summed E-state index contributed by atoms with van der Waals surface area (Å²) in [5, 5.41) is 11.8. The summed E-state index contributed by atoms with van der Waals surface area (Å²) < 4.78 is 13.1. The Morgan fingerprint density at radius 2 is 2.27 bits per heavy atom. The summed E-state index contributed by atoms with van der Waals surface area (Å²) in [6, 6.07) is 0. The molecule has 1 rings (SSSR count). The Labute approximate surface area is 87.5 Å². The van der Waals surface area contributed by atoms with Crippen LogP contribution in [0.4, 0.5) is 16.2 Å². The minimum Gasteiger partial charge on any atom is -0.396 e. The molecule has 4 N–H and O–H groups in total. The molecular formula is C9H15FN4O. The predicted octanol–water partition coefficient (Wildman–Crippen LogP) is 0.628. The largest absolute Gasteiger partial charge is 0.396 e. The van der Waals surface area contributed by atoms with Crippen LogP contribution in [0.2, 0.25) is 0 Å². The monoisotopic (exact) mass is 214 g/mol.